The first-order valence-electron chi connectivity index (χ1n) is 11.1. The van der Waals surface area contributed by atoms with Gasteiger partial charge in [-0.1, -0.05) is 41.5 Å². The molecule has 0 saturated carbocycles. The molecule has 0 bridgehead atoms. The van der Waals surface area contributed by atoms with E-state index >= 15 is 0 Å². The molecule has 0 saturated heterocycles. The SMILES string of the molecule is COc1ccc(-n2cc(C(C)C)c(-c3[nH+]c(OC)ccc3C(C)C)cc2=O)c(C(C)C)n1. The number of pyridine rings is 3. The smallest absolute Gasteiger partial charge is 0.366 e. The summed E-state index contributed by atoms with van der Waals surface area (Å²) in [4.78, 5) is 21.4. The summed E-state index contributed by atoms with van der Waals surface area (Å²) in [5, 5.41) is 0. The number of aromatic nitrogens is 3. The van der Waals surface area contributed by atoms with E-state index < -0.39 is 0 Å². The molecule has 1 N–H and O–H groups in total. The molecule has 6 heteroatoms. The number of hydrogen-bond donors (Lipinski definition) is 0. The van der Waals surface area contributed by atoms with Gasteiger partial charge in [0.1, 0.15) is 0 Å². The van der Waals surface area contributed by atoms with Crippen molar-refractivity contribution in [2.75, 3.05) is 14.2 Å². The van der Waals surface area contributed by atoms with Crippen molar-refractivity contribution in [1.29, 1.82) is 0 Å². The van der Waals surface area contributed by atoms with Gasteiger partial charge in [0.15, 0.2) is 0 Å². The molecule has 6 nitrogen and oxygen atoms in total. The highest BCUT2D eigenvalue weighted by molar-refractivity contribution is 5.66. The molecule has 0 aliphatic carbocycles. The van der Waals surface area contributed by atoms with Gasteiger partial charge in [-0.3, -0.25) is 9.36 Å². The summed E-state index contributed by atoms with van der Waals surface area (Å²) in [5.41, 5.74) is 5.52. The first-order valence-corrected chi connectivity index (χ1v) is 11.1. The number of rotatable bonds is 7. The van der Waals surface area contributed by atoms with Crippen LogP contribution in [0.5, 0.6) is 11.8 Å². The molecule has 3 heterocycles. The van der Waals surface area contributed by atoms with Crippen molar-refractivity contribution in [2.45, 2.75) is 59.3 Å². The quantitative estimate of drug-likeness (QED) is 0.517. The maximum Gasteiger partial charge on any atom is 0.366 e. The zero-order valence-corrected chi connectivity index (χ0v) is 20.3. The Morgan fingerprint density at radius 3 is 2.12 bits per heavy atom. The molecule has 0 aliphatic heterocycles. The molecule has 3 aromatic heterocycles. The Balaban J connectivity index is 2.31. The summed E-state index contributed by atoms with van der Waals surface area (Å²) in [7, 11) is 3.23. The maximum atomic E-state index is 13.4. The fourth-order valence-corrected chi connectivity index (χ4v) is 3.91. The minimum Gasteiger partial charge on any atom is -0.481 e. The molecule has 3 aromatic rings. The maximum absolute atomic E-state index is 13.4. The molecule has 0 spiro atoms. The Bertz CT molecular complexity index is 1160. The lowest BCUT2D eigenvalue weighted by molar-refractivity contribution is -0.381. The third-order valence-electron chi connectivity index (χ3n) is 5.66. The summed E-state index contributed by atoms with van der Waals surface area (Å²) < 4.78 is 12.5. The van der Waals surface area contributed by atoms with Gasteiger partial charge in [-0.25, -0.2) is 4.98 Å². The third kappa shape index (κ3) is 4.54. The number of aromatic amines is 1. The van der Waals surface area contributed by atoms with Crippen molar-refractivity contribution < 1.29 is 14.5 Å². The lowest BCUT2D eigenvalue weighted by Gasteiger charge is -2.19. The highest BCUT2D eigenvalue weighted by Crippen LogP contribution is 2.33. The van der Waals surface area contributed by atoms with Crippen LogP contribution < -0.4 is 20.0 Å². The molecule has 170 valence electrons. The Morgan fingerprint density at radius 1 is 0.875 bits per heavy atom. The highest BCUT2D eigenvalue weighted by Gasteiger charge is 2.24. The fourth-order valence-electron chi connectivity index (χ4n) is 3.91. The summed E-state index contributed by atoms with van der Waals surface area (Å²) in [6.07, 6.45) is 1.95. The molecule has 0 aromatic carbocycles. The second-order valence-electron chi connectivity index (χ2n) is 8.93. The van der Waals surface area contributed by atoms with Gasteiger partial charge >= 0.3 is 5.88 Å². The Kier molecular flexibility index (Phi) is 7.02. The molecule has 0 fully saturated rings. The number of ether oxygens (including phenoxy) is 2. The van der Waals surface area contributed by atoms with E-state index in [1.54, 1.807) is 30.9 Å². The predicted octanol–water partition coefficient (Wildman–Crippen LogP) is 5.10. The van der Waals surface area contributed by atoms with E-state index in [2.05, 4.69) is 57.6 Å². The second-order valence-corrected chi connectivity index (χ2v) is 8.93. The van der Waals surface area contributed by atoms with Crippen molar-refractivity contribution in [3.05, 3.63) is 63.7 Å². The van der Waals surface area contributed by atoms with Crippen molar-refractivity contribution >= 4 is 0 Å². The molecule has 0 amide bonds. The number of nitrogens with one attached hydrogen (secondary N) is 1. The van der Waals surface area contributed by atoms with E-state index in [-0.39, 0.29) is 23.3 Å². The summed E-state index contributed by atoms with van der Waals surface area (Å²) in [6.45, 7) is 12.7. The number of hydrogen-bond acceptors (Lipinski definition) is 4. The van der Waals surface area contributed by atoms with Crippen LogP contribution in [0.4, 0.5) is 0 Å². The van der Waals surface area contributed by atoms with Crippen LogP contribution in [0.15, 0.2) is 41.3 Å². The van der Waals surface area contributed by atoms with E-state index in [9.17, 15) is 4.79 Å². The number of methoxy groups -OCH3 is 2. The summed E-state index contributed by atoms with van der Waals surface area (Å²) in [5.74, 6) is 1.81. The van der Waals surface area contributed by atoms with Gasteiger partial charge < -0.3 is 9.47 Å². The summed E-state index contributed by atoms with van der Waals surface area (Å²) >= 11 is 0. The van der Waals surface area contributed by atoms with Crippen molar-refractivity contribution in [1.82, 2.24) is 9.55 Å². The van der Waals surface area contributed by atoms with Crippen LogP contribution in [-0.4, -0.2) is 23.8 Å². The zero-order valence-electron chi connectivity index (χ0n) is 20.3. The molecule has 3 rings (SSSR count). The third-order valence-corrected chi connectivity index (χ3v) is 5.66. The van der Waals surface area contributed by atoms with E-state index in [0.29, 0.717) is 11.8 Å². The van der Waals surface area contributed by atoms with Gasteiger partial charge in [-0.15, -0.1) is 0 Å². The van der Waals surface area contributed by atoms with Gasteiger partial charge in [0, 0.05) is 23.9 Å². The largest absolute Gasteiger partial charge is 0.481 e. The Morgan fingerprint density at radius 2 is 1.56 bits per heavy atom. The summed E-state index contributed by atoms with van der Waals surface area (Å²) in [6, 6.07) is 9.41. The zero-order chi connectivity index (χ0) is 23.6. The second kappa shape index (κ2) is 9.55. The first-order chi connectivity index (χ1) is 15.2. The molecule has 0 radical (unpaired) electrons. The highest BCUT2D eigenvalue weighted by atomic mass is 16.5. The first kappa shape index (κ1) is 23.5. The van der Waals surface area contributed by atoms with Crippen LogP contribution >= 0.6 is 0 Å². The van der Waals surface area contributed by atoms with Crippen LogP contribution in [0, 0.1) is 0 Å². The molecular formula is C26H34N3O3+. The van der Waals surface area contributed by atoms with Crippen LogP contribution in [0.1, 0.15) is 76.1 Å². The van der Waals surface area contributed by atoms with Crippen molar-refractivity contribution in [2.24, 2.45) is 0 Å². The molecular weight excluding hydrogens is 402 g/mol. The van der Waals surface area contributed by atoms with E-state index in [1.165, 1.54) is 0 Å². The van der Waals surface area contributed by atoms with Gasteiger partial charge in [0.25, 0.3) is 5.56 Å². The molecule has 0 aliphatic rings. The van der Waals surface area contributed by atoms with Crippen LogP contribution in [-0.2, 0) is 0 Å². The minimum absolute atomic E-state index is 0.107. The van der Waals surface area contributed by atoms with Gasteiger partial charge in [0.05, 0.1) is 37.2 Å². The van der Waals surface area contributed by atoms with E-state index in [1.807, 2.05) is 18.3 Å². The predicted molar refractivity (Wildman–Crippen MR) is 127 cm³/mol. The lowest BCUT2D eigenvalue weighted by atomic mass is 9.91. The van der Waals surface area contributed by atoms with E-state index in [4.69, 9.17) is 9.47 Å². The fraction of sp³-hybridized carbons (Fsp3) is 0.423. The van der Waals surface area contributed by atoms with Gasteiger partial charge in [0.2, 0.25) is 11.6 Å². The Labute approximate surface area is 190 Å². The number of nitrogens with zero attached hydrogens (tertiary/aromatic N) is 2. The normalized spacial score (nSPS) is 11.5. The monoisotopic (exact) mass is 436 g/mol. The standard InChI is InChI=1S/C26H33N3O3/c1-15(2)18-9-11-22(31-7)28-26(18)19-13-24(30)29(14-20(19)16(3)4)21-10-12-23(32-8)27-25(21)17(5)6/h9-17H,1-8H3/p+1. The molecule has 0 unspecified atom stereocenters. The van der Waals surface area contributed by atoms with Crippen molar-refractivity contribution in [3.8, 4) is 28.7 Å². The minimum atomic E-state index is -0.107. The van der Waals surface area contributed by atoms with Gasteiger partial charge in [-0.2, -0.15) is 4.98 Å². The Hall–Kier alpha value is -3.15. The van der Waals surface area contributed by atoms with Crippen molar-refractivity contribution in [3.63, 3.8) is 0 Å². The van der Waals surface area contributed by atoms with Crippen LogP contribution in [0.2, 0.25) is 0 Å². The topological polar surface area (TPSA) is 67.5 Å². The molecule has 32 heavy (non-hydrogen) atoms. The average molecular weight is 437 g/mol. The average Bonchev–Trinajstić information content (AvgIpc) is 2.77. The van der Waals surface area contributed by atoms with Gasteiger partial charge in [-0.05, 0) is 35.4 Å². The number of H-pyrrole nitrogens is 1. The van der Waals surface area contributed by atoms with Crippen LogP contribution in [0.25, 0.3) is 16.9 Å². The lowest BCUT2D eigenvalue weighted by Crippen LogP contribution is -2.23. The van der Waals surface area contributed by atoms with E-state index in [0.717, 1.165) is 33.8 Å². The molecule has 0 atom stereocenters. The van der Waals surface area contributed by atoms with Crippen LogP contribution in [0.3, 0.4) is 0 Å².